The van der Waals surface area contributed by atoms with Crippen molar-refractivity contribution in [1.82, 2.24) is 10.2 Å². The molecule has 0 spiro atoms. The van der Waals surface area contributed by atoms with Gasteiger partial charge in [0.05, 0.1) is 0 Å². The number of amides is 1. The molecule has 3 nitrogen and oxygen atoms in total. The largest absolute Gasteiger partial charge is 0.336 e. The highest BCUT2D eigenvalue weighted by Crippen LogP contribution is 2.38. The molecule has 2 heterocycles. The molecule has 1 aromatic carbocycles. The van der Waals surface area contributed by atoms with Gasteiger partial charge in [-0.15, -0.1) is 0 Å². The van der Waals surface area contributed by atoms with Crippen molar-refractivity contribution in [2.24, 2.45) is 17.8 Å². The van der Waals surface area contributed by atoms with Crippen LogP contribution in [0.2, 0.25) is 0 Å². The first kappa shape index (κ1) is 20.4. The summed E-state index contributed by atoms with van der Waals surface area (Å²) in [4.78, 5) is 14.1. The first-order valence-electron chi connectivity index (χ1n) is 11.1. The van der Waals surface area contributed by atoms with E-state index in [-0.39, 0.29) is 5.91 Å². The van der Waals surface area contributed by atoms with Crippen LogP contribution in [0.5, 0.6) is 0 Å². The van der Waals surface area contributed by atoms with E-state index in [2.05, 4.69) is 39.1 Å². The van der Waals surface area contributed by atoms with Crippen LogP contribution in [0, 0.1) is 17.8 Å². The summed E-state index contributed by atoms with van der Waals surface area (Å²) in [6.07, 6.45) is 7.95. The van der Waals surface area contributed by atoms with Gasteiger partial charge in [-0.3, -0.25) is 4.79 Å². The first-order chi connectivity index (χ1) is 13.0. The van der Waals surface area contributed by atoms with Crippen molar-refractivity contribution in [2.45, 2.75) is 78.3 Å². The molecule has 2 fully saturated rings. The van der Waals surface area contributed by atoms with Crippen LogP contribution < -0.4 is 5.32 Å². The molecule has 1 saturated carbocycles. The van der Waals surface area contributed by atoms with E-state index in [4.69, 9.17) is 0 Å². The Morgan fingerprint density at radius 2 is 1.89 bits per heavy atom. The minimum Gasteiger partial charge on any atom is -0.336 e. The van der Waals surface area contributed by atoms with Crippen molar-refractivity contribution in [3.05, 3.63) is 35.4 Å². The zero-order chi connectivity index (χ0) is 19.4. The fourth-order valence-corrected chi connectivity index (χ4v) is 5.00. The van der Waals surface area contributed by atoms with Crippen LogP contribution in [0.1, 0.15) is 75.7 Å². The number of nitrogens with one attached hydrogen (secondary N) is 1. The lowest BCUT2D eigenvalue weighted by Gasteiger charge is -2.35. The second kappa shape index (κ2) is 9.23. The topological polar surface area (TPSA) is 32.3 Å². The third-order valence-electron chi connectivity index (χ3n) is 7.07. The van der Waals surface area contributed by atoms with Gasteiger partial charge in [-0.1, -0.05) is 51.8 Å². The molecule has 1 aliphatic carbocycles. The highest BCUT2D eigenvalue weighted by molar-refractivity contribution is 5.96. The Balaban J connectivity index is 0.000000159. The molecule has 4 atom stereocenters. The van der Waals surface area contributed by atoms with Crippen LogP contribution in [0.4, 0.5) is 0 Å². The molecule has 1 aromatic rings. The monoisotopic (exact) mass is 370 g/mol. The quantitative estimate of drug-likeness (QED) is 0.820. The van der Waals surface area contributed by atoms with Gasteiger partial charge in [-0.25, -0.2) is 0 Å². The normalized spacial score (nSPS) is 28.3. The second-order valence-corrected chi connectivity index (χ2v) is 9.11. The van der Waals surface area contributed by atoms with Crippen LogP contribution in [-0.4, -0.2) is 36.0 Å². The average molecular weight is 371 g/mol. The lowest BCUT2D eigenvalue weighted by Crippen LogP contribution is -2.44. The average Bonchev–Trinajstić information content (AvgIpc) is 3.16. The van der Waals surface area contributed by atoms with Crippen molar-refractivity contribution in [3.63, 3.8) is 0 Å². The number of benzene rings is 1. The number of fused-ring (bicyclic) bond motifs is 2. The fourth-order valence-electron chi connectivity index (χ4n) is 5.00. The Labute approximate surface area is 165 Å². The molecule has 1 saturated heterocycles. The van der Waals surface area contributed by atoms with Crippen LogP contribution in [0.3, 0.4) is 0 Å². The van der Waals surface area contributed by atoms with E-state index in [1.54, 1.807) is 0 Å². The van der Waals surface area contributed by atoms with E-state index in [9.17, 15) is 4.79 Å². The summed E-state index contributed by atoms with van der Waals surface area (Å²) in [6.45, 7) is 11.1. The summed E-state index contributed by atoms with van der Waals surface area (Å²) in [5.41, 5.74) is 2.09. The summed E-state index contributed by atoms with van der Waals surface area (Å²) >= 11 is 0. The maximum Gasteiger partial charge on any atom is 0.254 e. The SMILES string of the molecule is CC(C)C1CC2CCCC2CN1.CCC(C)N1CCc2ccccc2C1=O. The molecule has 4 rings (SSSR count). The smallest absolute Gasteiger partial charge is 0.254 e. The minimum atomic E-state index is 0.200. The molecule has 150 valence electrons. The summed E-state index contributed by atoms with van der Waals surface area (Å²) in [5.74, 6) is 3.12. The molecule has 4 unspecified atom stereocenters. The standard InChI is InChI=1S/C13H17NO.C11H21N/c1-3-10(2)14-9-8-11-6-4-5-7-12(11)13(14)15;1-8(2)11-6-9-4-3-5-10(9)7-12-11/h4-7,10H,3,8-9H2,1-2H3;8-12H,3-7H2,1-2H3. The maximum atomic E-state index is 12.1. The maximum absolute atomic E-state index is 12.1. The van der Waals surface area contributed by atoms with E-state index < -0.39 is 0 Å². The molecule has 0 aromatic heterocycles. The van der Waals surface area contributed by atoms with Crippen LogP contribution in [0.15, 0.2) is 24.3 Å². The van der Waals surface area contributed by atoms with Gasteiger partial charge >= 0.3 is 0 Å². The minimum absolute atomic E-state index is 0.200. The Hall–Kier alpha value is -1.35. The molecule has 2 aliphatic heterocycles. The van der Waals surface area contributed by atoms with E-state index in [1.165, 1.54) is 37.8 Å². The Bertz CT molecular complexity index is 627. The fraction of sp³-hybridized carbons (Fsp3) is 0.708. The molecular formula is C24H38N2O. The molecule has 1 N–H and O–H groups in total. The van der Waals surface area contributed by atoms with E-state index in [1.807, 2.05) is 23.1 Å². The van der Waals surface area contributed by atoms with Crippen molar-refractivity contribution in [1.29, 1.82) is 0 Å². The van der Waals surface area contributed by atoms with E-state index in [0.29, 0.717) is 6.04 Å². The number of hydrogen-bond acceptors (Lipinski definition) is 2. The van der Waals surface area contributed by atoms with Crippen molar-refractivity contribution >= 4 is 5.91 Å². The van der Waals surface area contributed by atoms with Gasteiger partial charge in [0.25, 0.3) is 5.91 Å². The molecule has 0 radical (unpaired) electrons. The molecule has 3 heteroatoms. The lowest BCUT2D eigenvalue weighted by molar-refractivity contribution is 0.0670. The van der Waals surface area contributed by atoms with Gasteiger partial charge in [-0.2, -0.15) is 0 Å². The predicted octanol–water partition coefficient (Wildman–Crippen LogP) is 4.90. The Morgan fingerprint density at radius 3 is 2.63 bits per heavy atom. The Morgan fingerprint density at radius 1 is 1.15 bits per heavy atom. The first-order valence-corrected chi connectivity index (χ1v) is 11.1. The number of carbonyl (C=O) groups is 1. The number of rotatable bonds is 3. The van der Waals surface area contributed by atoms with Gasteiger partial charge in [0.2, 0.25) is 0 Å². The number of hydrogen-bond donors (Lipinski definition) is 1. The summed E-state index contributed by atoms with van der Waals surface area (Å²) < 4.78 is 0. The molecule has 27 heavy (non-hydrogen) atoms. The molecular weight excluding hydrogens is 332 g/mol. The molecule has 0 bridgehead atoms. The van der Waals surface area contributed by atoms with Crippen LogP contribution >= 0.6 is 0 Å². The lowest BCUT2D eigenvalue weighted by atomic mass is 9.82. The van der Waals surface area contributed by atoms with Crippen molar-refractivity contribution in [3.8, 4) is 0 Å². The summed E-state index contributed by atoms with van der Waals surface area (Å²) in [6, 6.07) is 9.10. The Kier molecular flexibility index (Phi) is 6.97. The van der Waals surface area contributed by atoms with Gasteiger partial charge < -0.3 is 10.2 Å². The van der Waals surface area contributed by atoms with Crippen LogP contribution in [0.25, 0.3) is 0 Å². The van der Waals surface area contributed by atoms with Gasteiger partial charge in [0.1, 0.15) is 0 Å². The summed E-state index contributed by atoms with van der Waals surface area (Å²) in [7, 11) is 0. The highest BCUT2D eigenvalue weighted by atomic mass is 16.2. The predicted molar refractivity (Wildman–Crippen MR) is 113 cm³/mol. The second-order valence-electron chi connectivity index (χ2n) is 9.11. The number of nitrogens with zero attached hydrogens (tertiary/aromatic N) is 1. The van der Waals surface area contributed by atoms with E-state index >= 15 is 0 Å². The molecule has 1 amide bonds. The van der Waals surface area contributed by atoms with Gasteiger partial charge in [0, 0.05) is 24.2 Å². The van der Waals surface area contributed by atoms with Crippen molar-refractivity contribution < 1.29 is 4.79 Å². The number of piperidine rings is 1. The van der Waals surface area contributed by atoms with Gasteiger partial charge in [-0.05, 0) is 68.5 Å². The molecule has 3 aliphatic rings. The third kappa shape index (κ3) is 4.74. The summed E-state index contributed by atoms with van der Waals surface area (Å²) in [5, 5.41) is 3.69. The van der Waals surface area contributed by atoms with E-state index in [0.717, 1.165) is 48.7 Å². The zero-order valence-electron chi connectivity index (χ0n) is 17.7. The highest BCUT2D eigenvalue weighted by Gasteiger charge is 2.34. The third-order valence-corrected chi connectivity index (χ3v) is 7.07. The zero-order valence-corrected chi connectivity index (χ0v) is 17.7. The van der Waals surface area contributed by atoms with Gasteiger partial charge in [0.15, 0.2) is 0 Å². The number of carbonyl (C=O) groups excluding carboxylic acids is 1. The van der Waals surface area contributed by atoms with Crippen molar-refractivity contribution in [2.75, 3.05) is 13.1 Å². The van der Waals surface area contributed by atoms with Crippen LogP contribution in [-0.2, 0) is 6.42 Å².